The van der Waals surface area contributed by atoms with Crippen LogP contribution in [0, 0.1) is 0 Å². The smallest absolute Gasteiger partial charge is 0.306 e. The van der Waals surface area contributed by atoms with E-state index in [0.717, 1.165) is 116 Å². The summed E-state index contributed by atoms with van der Waals surface area (Å²) in [6.45, 7) is 6.48. The summed E-state index contributed by atoms with van der Waals surface area (Å²) < 4.78 is 16.9. The second-order valence-corrected chi connectivity index (χ2v) is 21.3. The van der Waals surface area contributed by atoms with Crippen LogP contribution >= 0.6 is 0 Å². The third kappa shape index (κ3) is 64.3. The predicted molar refractivity (Wildman–Crippen MR) is 343 cm³/mol. The fourth-order valence-electron chi connectivity index (χ4n) is 8.76. The van der Waals surface area contributed by atoms with Gasteiger partial charge in [-0.1, -0.05) is 283 Å². The number of unbranched alkanes of at least 4 members (excludes halogenated alkanes) is 25. The molecule has 6 heteroatoms. The van der Waals surface area contributed by atoms with Gasteiger partial charge in [-0.2, -0.15) is 0 Å². The molecule has 0 N–H and O–H groups in total. The van der Waals surface area contributed by atoms with E-state index in [2.05, 4.69) is 154 Å². The molecule has 79 heavy (non-hydrogen) atoms. The van der Waals surface area contributed by atoms with Gasteiger partial charge in [0.15, 0.2) is 6.10 Å². The normalized spacial score (nSPS) is 13.0. The van der Waals surface area contributed by atoms with Crippen LogP contribution in [-0.4, -0.2) is 37.2 Å². The summed E-state index contributed by atoms with van der Waals surface area (Å²) in [6, 6.07) is 0. The molecule has 0 aliphatic heterocycles. The lowest BCUT2D eigenvalue weighted by molar-refractivity contribution is -0.167. The lowest BCUT2D eigenvalue weighted by Gasteiger charge is -2.18. The Kier molecular flexibility index (Phi) is 62.3. The van der Waals surface area contributed by atoms with Crippen molar-refractivity contribution in [3.8, 4) is 0 Å². The SMILES string of the molecule is CC/C=C\C/C=C\C/C=C\C/C=C\C/C=C\C/C=C\C/C=C\C/C=C\C/C=C\C/C=C\CCCCC(=O)OCC(COC(=O)CCCCCCCCCCCCC)OC(=O)CCCCCCCCC/C=C\CCCCCCCC. The molecule has 448 valence electrons. The van der Waals surface area contributed by atoms with E-state index in [1.165, 1.54) is 128 Å². The average Bonchev–Trinajstić information content (AvgIpc) is 3.45. The van der Waals surface area contributed by atoms with Crippen LogP contribution in [0.25, 0.3) is 0 Å². The first-order chi connectivity index (χ1) is 39.0. The number of carbonyl (C=O) groups excluding carboxylic acids is 3. The average molecular weight is 1090 g/mol. The zero-order valence-electron chi connectivity index (χ0n) is 51.3. The summed E-state index contributed by atoms with van der Waals surface area (Å²) in [5.41, 5.74) is 0. The van der Waals surface area contributed by atoms with E-state index in [9.17, 15) is 14.4 Å². The van der Waals surface area contributed by atoms with Crippen LogP contribution < -0.4 is 0 Å². The lowest BCUT2D eigenvalue weighted by Crippen LogP contribution is -2.30. The molecule has 6 nitrogen and oxygen atoms in total. The van der Waals surface area contributed by atoms with Gasteiger partial charge in [0.05, 0.1) is 0 Å². The molecule has 0 aliphatic rings. The van der Waals surface area contributed by atoms with Crippen molar-refractivity contribution >= 4 is 17.9 Å². The number of carbonyl (C=O) groups is 3. The number of esters is 3. The molecule has 0 aromatic heterocycles. The number of hydrogen-bond donors (Lipinski definition) is 0. The Morgan fingerprint density at radius 2 is 0.494 bits per heavy atom. The summed E-state index contributed by atoms with van der Waals surface area (Å²) in [4.78, 5) is 38.2. The minimum Gasteiger partial charge on any atom is -0.462 e. The third-order valence-electron chi connectivity index (χ3n) is 13.6. The van der Waals surface area contributed by atoms with E-state index < -0.39 is 6.10 Å². The third-order valence-corrected chi connectivity index (χ3v) is 13.6. The first kappa shape index (κ1) is 74.5. The monoisotopic (exact) mass is 1090 g/mol. The summed E-state index contributed by atoms with van der Waals surface area (Å²) >= 11 is 0. The maximum atomic E-state index is 12.9. The molecule has 0 aromatic rings. The van der Waals surface area contributed by atoms with Crippen LogP contribution in [0.15, 0.2) is 134 Å². The summed E-state index contributed by atoms with van der Waals surface area (Å²) in [5, 5.41) is 0. The molecule has 0 radical (unpaired) electrons. The lowest BCUT2D eigenvalue weighted by atomic mass is 10.1. The number of allylic oxidation sites excluding steroid dienone is 22. The first-order valence-electron chi connectivity index (χ1n) is 32.7. The summed E-state index contributed by atoms with van der Waals surface area (Å²) in [6.07, 6.45) is 93.2. The summed E-state index contributed by atoms with van der Waals surface area (Å²) in [7, 11) is 0. The van der Waals surface area contributed by atoms with Crippen molar-refractivity contribution in [2.24, 2.45) is 0 Å². The minimum absolute atomic E-state index is 0.0939. The van der Waals surface area contributed by atoms with Crippen molar-refractivity contribution in [1.82, 2.24) is 0 Å². The summed E-state index contributed by atoms with van der Waals surface area (Å²) in [5.74, 6) is -0.942. The Hall–Kier alpha value is -4.45. The molecule has 0 aromatic carbocycles. The molecule has 0 saturated heterocycles. The maximum Gasteiger partial charge on any atom is 0.306 e. The Labute approximate surface area is 487 Å². The Balaban J connectivity index is 4.35. The second-order valence-electron chi connectivity index (χ2n) is 21.3. The minimum atomic E-state index is -0.800. The molecule has 1 unspecified atom stereocenters. The Morgan fingerprint density at radius 3 is 0.810 bits per heavy atom. The Morgan fingerprint density at radius 1 is 0.266 bits per heavy atom. The number of hydrogen-bond acceptors (Lipinski definition) is 6. The van der Waals surface area contributed by atoms with Crippen molar-refractivity contribution in [3.63, 3.8) is 0 Å². The van der Waals surface area contributed by atoms with Gasteiger partial charge in [-0.05, 0) is 122 Å². The van der Waals surface area contributed by atoms with E-state index in [1.807, 2.05) is 0 Å². The molecular weight excluding hydrogens is 973 g/mol. The molecule has 0 heterocycles. The molecular formula is C73H120O6. The van der Waals surface area contributed by atoms with Crippen molar-refractivity contribution < 1.29 is 28.6 Å². The molecule has 1 atom stereocenters. The highest BCUT2D eigenvalue weighted by molar-refractivity contribution is 5.71. The van der Waals surface area contributed by atoms with Crippen LogP contribution in [-0.2, 0) is 28.6 Å². The molecule has 0 aliphatic carbocycles. The zero-order chi connectivity index (χ0) is 57.1. The number of rotatable bonds is 58. The topological polar surface area (TPSA) is 78.9 Å². The van der Waals surface area contributed by atoms with Crippen LogP contribution in [0.2, 0.25) is 0 Å². The highest BCUT2D eigenvalue weighted by atomic mass is 16.6. The van der Waals surface area contributed by atoms with Gasteiger partial charge in [-0.3, -0.25) is 14.4 Å². The van der Waals surface area contributed by atoms with E-state index in [0.29, 0.717) is 25.7 Å². The van der Waals surface area contributed by atoms with E-state index in [-0.39, 0.29) is 31.1 Å². The largest absolute Gasteiger partial charge is 0.462 e. The van der Waals surface area contributed by atoms with Gasteiger partial charge in [-0.25, -0.2) is 0 Å². The standard InChI is InChI=1S/C73H120O6/c1-4-7-10-13-16-19-22-24-26-28-29-30-31-32-33-34-35-36-37-38-39-40-41-42-43-45-46-48-51-54-57-60-63-66-72(75)78-69-70(68-77-71(74)65-62-59-56-53-50-21-18-15-12-9-6-3)79-73(76)67-64-61-58-55-52-49-47-44-27-25-23-20-17-14-11-8-5-2/h7,10,16,19,24-27,29-30,32-33,35-36,38-39,41-42,45-46,51,54,70H,4-6,8-9,11-15,17-18,20-23,28,31,34,37,40,43-44,47-50,52-53,55-69H2,1-3H3/b10-7-,19-16-,26-24-,27-25-,30-29-,33-32-,36-35-,39-38-,42-41-,46-45-,54-51-. The van der Waals surface area contributed by atoms with Crippen LogP contribution in [0.5, 0.6) is 0 Å². The van der Waals surface area contributed by atoms with Crippen molar-refractivity contribution in [3.05, 3.63) is 134 Å². The molecule has 0 fully saturated rings. The fraction of sp³-hybridized carbons (Fsp3) is 0.658. The van der Waals surface area contributed by atoms with Gasteiger partial charge < -0.3 is 14.2 Å². The highest BCUT2D eigenvalue weighted by Gasteiger charge is 2.19. The van der Waals surface area contributed by atoms with Gasteiger partial charge in [0.1, 0.15) is 13.2 Å². The first-order valence-corrected chi connectivity index (χ1v) is 32.7. The van der Waals surface area contributed by atoms with E-state index in [1.54, 1.807) is 0 Å². The quantitative estimate of drug-likeness (QED) is 0.0261. The molecule has 0 saturated carbocycles. The highest BCUT2D eigenvalue weighted by Crippen LogP contribution is 2.15. The van der Waals surface area contributed by atoms with E-state index in [4.69, 9.17) is 14.2 Å². The van der Waals surface area contributed by atoms with Gasteiger partial charge in [0, 0.05) is 19.3 Å². The molecule has 0 spiro atoms. The van der Waals surface area contributed by atoms with Gasteiger partial charge in [-0.15, -0.1) is 0 Å². The van der Waals surface area contributed by atoms with E-state index >= 15 is 0 Å². The van der Waals surface area contributed by atoms with Gasteiger partial charge in [0.25, 0.3) is 0 Å². The van der Waals surface area contributed by atoms with Crippen LogP contribution in [0.1, 0.15) is 290 Å². The van der Waals surface area contributed by atoms with Crippen LogP contribution in [0.4, 0.5) is 0 Å². The predicted octanol–water partition coefficient (Wildman–Crippen LogP) is 22.5. The molecule has 0 amide bonds. The maximum absolute atomic E-state index is 12.9. The zero-order valence-corrected chi connectivity index (χ0v) is 51.3. The van der Waals surface area contributed by atoms with Crippen molar-refractivity contribution in [2.45, 2.75) is 297 Å². The van der Waals surface area contributed by atoms with Gasteiger partial charge >= 0.3 is 17.9 Å². The number of ether oxygens (including phenoxy) is 3. The van der Waals surface area contributed by atoms with Gasteiger partial charge in [0.2, 0.25) is 0 Å². The fourth-order valence-corrected chi connectivity index (χ4v) is 8.76. The Bertz CT molecular complexity index is 1680. The van der Waals surface area contributed by atoms with Crippen molar-refractivity contribution in [1.29, 1.82) is 0 Å². The molecule has 0 bridgehead atoms. The van der Waals surface area contributed by atoms with Crippen LogP contribution in [0.3, 0.4) is 0 Å². The second kappa shape index (κ2) is 66.1. The molecule has 0 rings (SSSR count). The van der Waals surface area contributed by atoms with Crippen molar-refractivity contribution in [2.75, 3.05) is 13.2 Å².